The van der Waals surface area contributed by atoms with Crippen molar-refractivity contribution in [2.75, 3.05) is 0 Å². The summed E-state index contributed by atoms with van der Waals surface area (Å²) in [7, 11) is 1.34. The van der Waals surface area contributed by atoms with Gasteiger partial charge in [0.1, 0.15) is 11.6 Å². The fourth-order valence-electron chi connectivity index (χ4n) is 2.31. The van der Waals surface area contributed by atoms with E-state index in [4.69, 9.17) is 5.26 Å². The lowest BCUT2D eigenvalue weighted by Crippen LogP contribution is -2.18. The van der Waals surface area contributed by atoms with E-state index in [9.17, 15) is 14.7 Å². The minimum atomic E-state index is -0.566. The Hall–Kier alpha value is -3.67. The number of nitriles is 1. The largest absolute Gasteiger partial charge is 0.493 e. The van der Waals surface area contributed by atoms with Crippen LogP contribution in [0.15, 0.2) is 38.0 Å². The number of aromatic amines is 2. The van der Waals surface area contributed by atoms with Crippen molar-refractivity contribution in [3.05, 3.63) is 50.2 Å². The number of fused-ring (bicyclic) bond motifs is 1. The maximum absolute atomic E-state index is 12.2. The van der Waals surface area contributed by atoms with Crippen LogP contribution < -0.4 is 11.2 Å². The molecule has 3 aromatic rings. The molecule has 0 radical (unpaired) electrons. The molecule has 0 aliphatic carbocycles. The van der Waals surface area contributed by atoms with Crippen LogP contribution >= 0.6 is 0 Å². The summed E-state index contributed by atoms with van der Waals surface area (Å²) >= 11 is 0. The van der Waals surface area contributed by atoms with Crippen molar-refractivity contribution >= 4 is 22.4 Å². The molecule has 0 spiro atoms. The van der Waals surface area contributed by atoms with Crippen molar-refractivity contribution in [2.24, 2.45) is 17.3 Å². The van der Waals surface area contributed by atoms with Crippen molar-refractivity contribution in [2.45, 2.75) is 6.92 Å². The van der Waals surface area contributed by atoms with Crippen molar-refractivity contribution in [1.82, 2.24) is 14.5 Å². The zero-order valence-corrected chi connectivity index (χ0v) is 12.8. The Morgan fingerprint density at radius 3 is 2.62 bits per heavy atom. The summed E-state index contributed by atoms with van der Waals surface area (Å²) in [5.74, 6) is -0.412. The lowest BCUT2D eigenvalue weighted by Gasteiger charge is -2.08. The second kappa shape index (κ2) is 5.51. The van der Waals surface area contributed by atoms with Gasteiger partial charge < -0.3 is 15.1 Å². The molecule has 120 valence electrons. The molecule has 0 fully saturated rings. The molecule has 3 rings (SSSR count). The van der Waals surface area contributed by atoms with Crippen molar-refractivity contribution < 1.29 is 5.11 Å². The van der Waals surface area contributed by atoms with Gasteiger partial charge in [0.15, 0.2) is 5.69 Å². The predicted molar refractivity (Wildman–Crippen MR) is 85.9 cm³/mol. The number of aromatic hydroxyl groups is 1. The zero-order chi connectivity index (χ0) is 17.4. The first-order chi connectivity index (χ1) is 11.4. The van der Waals surface area contributed by atoms with Crippen LogP contribution in [0, 0.1) is 18.3 Å². The summed E-state index contributed by atoms with van der Waals surface area (Å²) in [6.45, 7) is 1.51. The highest BCUT2D eigenvalue weighted by molar-refractivity contribution is 5.77. The second-order valence-electron chi connectivity index (χ2n) is 5.16. The number of imidazole rings is 1. The van der Waals surface area contributed by atoms with Gasteiger partial charge in [-0.05, 0) is 25.1 Å². The number of hydrogen-bond donors (Lipinski definition) is 3. The molecule has 0 aliphatic heterocycles. The summed E-state index contributed by atoms with van der Waals surface area (Å²) < 4.78 is 0.937. The minimum Gasteiger partial charge on any atom is -0.493 e. The van der Waals surface area contributed by atoms with E-state index in [0.717, 1.165) is 4.57 Å². The molecule has 2 heterocycles. The number of nitrogens with zero attached hydrogens (tertiary/aromatic N) is 4. The SMILES string of the molecule is Cc1c(C#N)c(O)n(C)c(=O)c1N=Nc1ccc2[nH]c(=O)[nH]c2c1. The number of benzene rings is 1. The first-order valence-corrected chi connectivity index (χ1v) is 6.89. The molecule has 1 aromatic carbocycles. The van der Waals surface area contributed by atoms with Crippen LogP contribution in [-0.4, -0.2) is 19.6 Å². The zero-order valence-electron chi connectivity index (χ0n) is 12.8. The summed E-state index contributed by atoms with van der Waals surface area (Å²) in [4.78, 5) is 28.7. The second-order valence-corrected chi connectivity index (χ2v) is 5.16. The number of rotatable bonds is 2. The summed E-state index contributed by atoms with van der Waals surface area (Å²) in [6, 6.07) is 6.72. The van der Waals surface area contributed by atoms with E-state index >= 15 is 0 Å². The Kier molecular flexibility index (Phi) is 3.50. The van der Waals surface area contributed by atoms with E-state index < -0.39 is 11.4 Å². The molecule has 0 aliphatic rings. The van der Waals surface area contributed by atoms with Crippen LogP contribution in [-0.2, 0) is 7.05 Å². The van der Waals surface area contributed by atoms with Crippen LogP contribution in [0.3, 0.4) is 0 Å². The number of azo groups is 1. The van der Waals surface area contributed by atoms with Gasteiger partial charge in [-0.3, -0.25) is 9.36 Å². The molecule has 0 unspecified atom stereocenters. The monoisotopic (exact) mass is 324 g/mol. The van der Waals surface area contributed by atoms with Crippen LogP contribution in [0.4, 0.5) is 11.4 Å². The van der Waals surface area contributed by atoms with Gasteiger partial charge in [0.05, 0.1) is 16.7 Å². The van der Waals surface area contributed by atoms with Crippen LogP contribution in [0.1, 0.15) is 11.1 Å². The number of pyridine rings is 1. The van der Waals surface area contributed by atoms with Crippen LogP contribution in [0.2, 0.25) is 0 Å². The number of aromatic nitrogens is 3. The molecular weight excluding hydrogens is 312 g/mol. The highest BCUT2D eigenvalue weighted by Gasteiger charge is 2.16. The molecule has 0 amide bonds. The molecular formula is C15H12N6O3. The van der Waals surface area contributed by atoms with Crippen molar-refractivity contribution in [3.8, 4) is 11.9 Å². The smallest absolute Gasteiger partial charge is 0.323 e. The fraction of sp³-hybridized carbons (Fsp3) is 0.133. The minimum absolute atomic E-state index is 0.0310. The van der Waals surface area contributed by atoms with Gasteiger partial charge in [0.2, 0.25) is 5.88 Å². The fourth-order valence-corrected chi connectivity index (χ4v) is 2.31. The number of H-pyrrole nitrogens is 2. The third-order valence-electron chi connectivity index (χ3n) is 3.66. The Morgan fingerprint density at radius 1 is 1.21 bits per heavy atom. The van der Waals surface area contributed by atoms with Gasteiger partial charge in [-0.25, -0.2) is 4.79 Å². The third-order valence-corrected chi connectivity index (χ3v) is 3.66. The Morgan fingerprint density at radius 2 is 1.92 bits per heavy atom. The topological polar surface area (TPSA) is 139 Å². The van der Waals surface area contributed by atoms with Crippen molar-refractivity contribution in [3.63, 3.8) is 0 Å². The normalized spacial score (nSPS) is 11.2. The first kappa shape index (κ1) is 15.2. The molecule has 9 nitrogen and oxygen atoms in total. The van der Waals surface area contributed by atoms with E-state index in [0.29, 0.717) is 16.7 Å². The molecule has 9 heteroatoms. The van der Waals surface area contributed by atoms with Gasteiger partial charge in [0, 0.05) is 12.6 Å². The van der Waals surface area contributed by atoms with E-state index in [1.807, 2.05) is 6.07 Å². The molecule has 3 N–H and O–H groups in total. The first-order valence-electron chi connectivity index (χ1n) is 6.89. The van der Waals surface area contributed by atoms with Gasteiger partial charge in [-0.15, -0.1) is 5.11 Å². The van der Waals surface area contributed by atoms with E-state index in [2.05, 4.69) is 20.2 Å². The van der Waals surface area contributed by atoms with Gasteiger partial charge in [0.25, 0.3) is 5.56 Å². The summed E-state index contributed by atoms with van der Waals surface area (Å²) in [6.07, 6.45) is 0. The maximum Gasteiger partial charge on any atom is 0.323 e. The van der Waals surface area contributed by atoms with Crippen LogP contribution in [0.25, 0.3) is 11.0 Å². The van der Waals surface area contributed by atoms with Gasteiger partial charge >= 0.3 is 5.69 Å². The molecule has 0 bridgehead atoms. The molecule has 0 saturated carbocycles. The Bertz CT molecular complexity index is 1140. The van der Waals surface area contributed by atoms with E-state index in [1.54, 1.807) is 18.2 Å². The maximum atomic E-state index is 12.2. The molecule has 0 atom stereocenters. The summed E-state index contributed by atoms with van der Waals surface area (Å²) in [5, 5.41) is 26.8. The molecule has 24 heavy (non-hydrogen) atoms. The average molecular weight is 324 g/mol. The highest BCUT2D eigenvalue weighted by atomic mass is 16.3. The Balaban J connectivity index is 2.11. The highest BCUT2D eigenvalue weighted by Crippen LogP contribution is 2.26. The standard InChI is InChI=1S/C15H12N6O3/c1-7-9(6-16)13(22)21(2)14(23)12(7)20-19-8-3-4-10-11(5-8)18-15(24)17-10/h3-5,22H,1-2H3,(H2,17,18,24). The molecule has 2 aromatic heterocycles. The van der Waals surface area contributed by atoms with Crippen molar-refractivity contribution in [1.29, 1.82) is 5.26 Å². The number of hydrogen-bond acceptors (Lipinski definition) is 6. The molecule has 0 saturated heterocycles. The van der Waals surface area contributed by atoms with Gasteiger partial charge in [-0.2, -0.15) is 10.4 Å². The average Bonchev–Trinajstić information content (AvgIpc) is 2.92. The number of nitrogens with one attached hydrogen (secondary N) is 2. The van der Waals surface area contributed by atoms with E-state index in [1.165, 1.54) is 14.0 Å². The van der Waals surface area contributed by atoms with Crippen LogP contribution in [0.5, 0.6) is 5.88 Å². The quantitative estimate of drug-likeness (QED) is 0.619. The predicted octanol–water partition coefficient (Wildman–Crippen LogP) is 1.86. The summed E-state index contributed by atoms with van der Waals surface area (Å²) in [5.41, 5.74) is 0.895. The third kappa shape index (κ3) is 2.36. The van der Waals surface area contributed by atoms with Gasteiger partial charge in [-0.1, -0.05) is 0 Å². The van der Waals surface area contributed by atoms with E-state index in [-0.39, 0.29) is 22.5 Å². The lowest BCUT2D eigenvalue weighted by molar-refractivity contribution is 0.421. The Labute approximate surface area is 134 Å². The lowest BCUT2D eigenvalue weighted by atomic mass is 10.1.